The molecule has 0 spiro atoms. The van der Waals surface area contributed by atoms with Gasteiger partial charge in [0.15, 0.2) is 5.13 Å². The molecular formula is C22H22FN5O3S. The minimum atomic E-state index is -0.458. The van der Waals surface area contributed by atoms with E-state index in [1.54, 1.807) is 24.3 Å². The number of nitro benzene ring substituents is 1. The Morgan fingerprint density at radius 2 is 1.94 bits per heavy atom. The summed E-state index contributed by atoms with van der Waals surface area (Å²) in [6.07, 6.45) is 3.05. The number of nitrogens with zero attached hydrogens (tertiary/aromatic N) is 4. The maximum Gasteiger partial charge on any atom is 0.269 e. The molecule has 166 valence electrons. The normalized spacial score (nSPS) is 14.8. The lowest BCUT2D eigenvalue weighted by Crippen LogP contribution is -2.48. The van der Waals surface area contributed by atoms with Gasteiger partial charge in [0.05, 0.1) is 15.1 Å². The van der Waals surface area contributed by atoms with E-state index in [0.717, 1.165) is 53.6 Å². The minimum Gasteiger partial charge on any atom is -0.351 e. The Morgan fingerprint density at radius 1 is 1.19 bits per heavy atom. The van der Waals surface area contributed by atoms with Crippen molar-refractivity contribution >= 4 is 44.4 Å². The number of non-ortho nitro benzene ring substituents is 1. The van der Waals surface area contributed by atoms with Crippen LogP contribution in [-0.2, 0) is 4.79 Å². The third kappa shape index (κ3) is 5.45. The molecule has 0 saturated carbocycles. The summed E-state index contributed by atoms with van der Waals surface area (Å²) in [6, 6.07) is 10.7. The van der Waals surface area contributed by atoms with Gasteiger partial charge < -0.3 is 10.2 Å². The summed E-state index contributed by atoms with van der Waals surface area (Å²) < 4.78 is 14.2. The number of aromatic nitrogens is 1. The number of rotatable bonds is 7. The summed E-state index contributed by atoms with van der Waals surface area (Å²) in [5, 5.41) is 14.4. The molecule has 1 fully saturated rings. The van der Waals surface area contributed by atoms with Crippen molar-refractivity contribution in [2.75, 3.05) is 44.2 Å². The van der Waals surface area contributed by atoms with E-state index in [2.05, 4.69) is 20.1 Å². The lowest BCUT2D eigenvalue weighted by Gasteiger charge is -2.34. The Bertz CT molecular complexity index is 1140. The average Bonchev–Trinajstić information content (AvgIpc) is 3.21. The predicted molar refractivity (Wildman–Crippen MR) is 123 cm³/mol. The Morgan fingerprint density at radius 3 is 2.66 bits per heavy atom. The van der Waals surface area contributed by atoms with Crippen molar-refractivity contribution in [3.63, 3.8) is 0 Å². The lowest BCUT2D eigenvalue weighted by atomic mass is 10.2. The van der Waals surface area contributed by atoms with Crippen LogP contribution in [0.5, 0.6) is 0 Å². The lowest BCUT2D eigenvalue weighted by molar-refractivity contribution is -0.384. The molecule has 0 radical (unpaired) electrons. The van der Waals surface area contributed by atoms with Crippen molar-refractivity contribution in [2.45, 2.75) is 0 Å². The third-order valence-electron chi connectivity index (χ3n) is 5.24. The van der Waals surface area contributed by atoms with E-state index in [1.165, 1.54) is 41.7 Å². The zero-order valence-corrected chi connectivity index (χ0v) is 18.1. The molecule has 1 amide bonds. The number of fused-ring (bicyclic) bond motifs is 1. The maximum atomic E-state index is 13.4. The van der Waals surface area contributed by atoms with Gasteiger partial charge in [0.25, 0.3) is 5.69 Å². The number of anilines is 1. The molecule has 2 aromatic carbocycles. The maximum absolute atomic E-state index is 13.4. The summed E-state index contributed by atoms with van der Waals surface area (Å²) in [4.78, 5) is 31.3. The van der Waals surface area contributed by atoms with Gasteiger partial charge >= 0.3 is 0 Å². The number of halogens is 1. The molecule has 10 heteroatoms. The van der Waals surface area contributed by atoms with Crippen molar-refractivity contribution in [1.29, 1.82) is 0 Å². The first-order chi connectivity index (χ1) is 15.5. The van der Waals surface area contributed by atoms with Gasteiger partial charge in [0.1, 0.15) is 5.82 Å². The summed E-state index contributed by atoms with van der Waals surface area (Å²) in [7, 11) is 0. The van der Waals surface area contributed by atoms with Crippen molar-refractivity contribution in [2.24, 2.45) is 0 Å². The number of amides is 1. The molecule has 1 aliphatic heterocycles. The summed E-state index contributed by atoms with van der Waals surface area (Å²) in [6.45, 7) is 4.66. The van der Waals surface area contributed by atoms with E-state index < -0.39 is 4.92 Å². The van der Waals surface area contributed by atoms with Crippen LogP contribution < -0.4 is 10.2 Å². The number of nitro groups is 1. The van der Waals surface area contributed by atoms with E-state index in [9.17, 15) is 19.3 Å². The topological polar surface area (TPSA) is 91.6 Å². The Balaban J connectivity index is 1.19. The van der Waals surface area contributed by atoms with Gasteiger partial charge in [-0.05, 0) is 42.0 Å². The third-order valence-corrected chi connectivity index (χ3v) is 6.32. The SMILES string of the molecule is O=C(/C=C\c1ccc([N+](=O)[O-])cc1)NCCN1CCN(c2nc3ccc(F)cc3s2)CC1. The second kappa shape index (κ2) is 9.84. The number of hydrogen-bond acceptors (Lipinski definition) is 7. The molecule has 1 aliphatic rings. The first kappa shape index (κ1) is 21.8. The van der Waals surface area contributed by atoms with Gasteiger partial charge in [-0.25, -0.2) is 9.37 Å². The first-order valence-corrected chi connectivity index (χ1v) is 11.0. The highest BCUT2D eigenvalue weighted by molar-refractivity contribution is 7.22. The predicted octanol–water partition coefficient (Wildman–Crippen LogP) is 3.30. The van der Waals surface area contributed by atoms with Gasteiger partial charge in [-0.1, -0.05) is 11.3 Å². The molecule has 0 bridgehead atoms. The number of piperazine rings is 1. The molecule has 32 heavy (non-hydrogen) atoms. The number of thiazole rings is 1. The van der Waals surface area contributed by atoms with Crippen LogP contribution in [0.4, 0.5) is 15.2 Å². The van der Waals surface area contributed by atoms with E-state index in [1.807, 2.05) is 0 Å². The molecule has 3 aromatic rings. The molecule has 0 unspecified atom stereocenters. The molecule has 0 atom stereocenters. The fraction of sp³-hybridized carbons (Fsp3) is 0.273. The van der Waals surface area contributed by atoms with E-state index in [0.29, 0.717) is 6.54 Å². The molecule has 1 saturated heterocycles. The molecular weight excluding hydrogens is 433 g/mol. The van der Waals surface area contributed by atoms with Crippen LogP contribution in [-0.4, -0.2) is 60.0 Å². The zero-order chi connectivity index (χ0) is 22.5. The number of carbonyl (C=O) groups is 1. The average molecular weight is 456 g/mol. The summed E-state index contributed by atoms with van der Waals surface area (Å²) in [5.74, 6) is -0.453. The van der Waals surface area contributed by atoms with E-state index >= 15 is 0 Å². The van der Waals surface area contributed by atoms with Crippen molar-refractivity contribution in [3.8, 4) is 0 Å². The molecule has 0 aliphatic carbocycles. The number of carbonyl (C=O) groups excluding carboxylic acids is 1. The zero-order valence-electron chi connectivity index (χ0n) is 17.2. The molecule has 4 rings (SSSR count). The molecule has 1 N–H and O–H groups in total. The summed E-state index contributed by atoms with van der Waals surface area (Å²) >= 11 is 1.51. The molecule has 2 heterocycles. The molecule has 8 nitrogen and oxygen atoms in total. The second-order valence-electron chi connectivity index (χ2n) is 7.41. The fourth-order valence-corrected chi connectivity index (χ4v) is 4.50. The highest BCUT2D eigenvalue weighted by atomic mass is 32.1. The van der Waals surface area contributed by atoms with E-state index in [4.69, 9.17) is 0 Å². The Hall–Kier alpha value is -3.37. The van der Waals surface area contributed by atoms with Gasteiger partial charge in [-0.3, -0.25) is 19.8 Å². The van der Waals surface area contributed by atoms with Crippen LogP contribution in [0.15, 0.2) is 48.5 Å². The number of hydrogen-bond donors (Lipinski definition) is 1. The highest BCUT2D eigenvalue weighted by Gasteiger charge is 2.19. The standard InChI is InChI=1S/C22H22FN5O3S/c23-17-4-7-19-20(15-17)32-22(25-19)27-13-11-26(12-14-27)10-9-24-21(29)8-3-16-1-5-18(6-2-16)28(30)31/h1-8,15H,9-14H2,(H,24,29)/b8-3-. The van der Waals surface area contributed by atoms with Crippen molar-refractivity contribution in [1.82, 2.24) is 15.2 Å². The first-order valence-electron chi connectivity index (χ1n) is 10.2. The second-order valence-corrected chi connectivity index (χ2v) is 8.42. The van der Waals surface area contributed by atoms with Crippen molar-refractivity contribution in [3.05, 3.63) is 70.0 Å². The monoisotopic (exact) mass is 455 g/mol. The van der Waals surface area contributed by atoms with Gasteiger partial charge in [-0.2, -0.15) is 0 Å². The van der Waals surface area contributed by atoms with Crippen molar-refractivity contribution < 1.29 is 14.1 Å². The quantitative estimate of drug-likeness (QED) is 0.334. The fourth-order valence-electron chi connectivity index (χ4n) is 3.46. The molecule has 1 aromatic heterocycles. The Kier molecular flexibility index (Phi) is 6.72. The van der Waals surface area contributed by atoms with Crippen LogP contribution in [0.25, 0.3) is 16.3 Å². The number of nitrogens with one attached hydrogen (secondary N) is 1. The van der Waals surface area contributed by atoms with Crippen LogP contribution >= 0.6 is 11.3 Å². The summed E-state index contributed by atoms with van der Waals surface area (Å²) in [5.41, 5.74) is 1.56. The van der Waals surface area contributed by atoms with Crippen LogP contribution in [0.3, 0.4) is 0 Å². The largest absolute Gasteiger partial charge is 0.351 e. The van der Waals surface area contributed by atoms with Gasteiger partial charge in [-0.15, -0.1) is 0 Å². The van der Waals surface area contributed by atoms with E-state index in [-0.39, 0.29) is 17.4 Å². The highest BCUT2D eigenvalue weighted by Crippen LogP contribution is 2.29. The van der Waals surface area contributed by atoms with Crippen LogP contribution in [0, 0.1) is 15.9 Å². The van der Waals surface area contributed by atoms with Crippen LogP contribution in [0.2, 0.25) is 0 Å². The Labute approximate surface area is 188 Å². The minimum absolute atomic E-state index is 0.0173. The van der Waals surface area contributed by atoms with Gasteiger partial charge in [0.2, 0.25) is 5.91 Å². The number of benzene rings is 2. The van der Waals surface area contributed by atoms with Gasteiger partial charge in [0, 0.05) is 57.5 Å². The smallest absolute Gasteiger partial charge is 0.269 e. The van der Waals surface area contributed by atoms with Crippen LogP contribution in [0.1, 0.15) is 5.56 Å².